The Hall–Kier alpha value is -2.04. The van der Waals surface area contributed by atoms with Crippen molar-refractivity contribution in [3.05, 3.63) is 59.7 Å². The summed E-state index contributed by atoms with van der Waals surface area (Å²) < 4.78 is 23.9. The number of hydrogen-bond acceptors (Lipinski definition) is 4. The van der Waals surface area contributed by atoms with Crippen LogP contribution in [0.4, 0.5) is 0 Å². The lowest BCUT2D eigenvalue weighted by molar-refractivity contribution is -0.191. The first kappa shape index (κ1) is 28.5. The van der Waals surface area contributed by atoms with Gasteiger partial charge >= 0.3 is 0 Å². The fraction of sp³-hybridized carbons (Fsp3) is 0.625. The summed E-state index contributed by atoms with van der Waals surface area (Å²) >= 11 is 0. The van der Waals surface area contributed by atoms with Crippen molar-refractivity contribution in [3.63, 3.8) is 0 Å². The molecule has 1 saturated heterocycles. The van der Waals surface area contributed by atoms with E-state index in [4.69, 9.17) is 18.9 Å². The van der Waals surface area contributed by atoms with Gasteiger partial charge in [-0.15, -0.1) is 0 Å². The second kappa shape index (κ2) is 16.7. The Morgan fingerprint density at radius 2 is 1.22 bits per heavy atom. The van der Waals surface area contributed by atoms with Gasteiger partial charge in [0.2, 0.25) is 0 Å². The lowest BCUT2D eigenvalue weighted by Crippen LogP contribution is -2.25. The second-order valence-electron chi connectivity index (χ2n) is 10.3. The van der Waals surface area contributed by atoms with Gasteiger partial charge in [0.05, 0.1) is 26.4 Å². The molecule has 1 atom stereocenters. The van der Waals surface area contributed by atoms with E-state index in [-0.39, 0.29) is 12.2 Å². The molecule has 0 bridgehead atoms. The normalized spacial score (nSPS) is 18.6. The van der Waals surface area contributed by atoms with Crippen LogP contribution in [0.1, 0.15) is 108 Å². The molecule has 4 nitrogen and oxygen atoms in total. The largest absolute Gasteiger partial charge is 0.494 e. The molecule has 1 aliphatic rings. The Balaban J connectivity index is 1.31. The van der Waals surface area contributed by atoms with Crippen LogP contribution in [0.25, 0.3) is 0 Å². The summed E-state index contributed by atoms with van der Waals surface area (Å²) in [5.41, 5.74) is 2.27. The fourth-order valence-corrected chi connectivity index (χ4v) is 4.40. The average molecular weight is 497 g/mol. The maximum Gasteiger partial charge on any atom is 0.183 e. The summed E-state index contributed by atoms with van der Waals surface area (Å²) in [5, 5.41) is 0. The molecule has 0 aromatic heterocycles. The molecular weight excluding hydrogens is 448 g/mol. The van der Waals surface area contributed by atoms with Crippen LogP contribution >= 0.6 is 0 Å². The standard InChI is InChI=1S/C32H48O4/c1-4-6-7-8-9-10-11-12-13-22-33-30-20-16-28(17-21-30)32-35-24-29(25-36-32)27-14-18-31(19-15-27)34-23-26(3)5-2/h14-21,26,29,32H,4-13,22-25H2,1-3H3/t26-,29-,32-/m0/s1. The van der Waals surface area contributed by atoms with E-state index in [1.54, 1.807) is 0 Å². The van der Waals surface area contributed by atoms with Crippen molar-refractivity contribution in [2.75, 3.05) is 26.4 Å². The molecule has 0 unspecified atom stereocenters. The van der Waals surface area contributed by atoms with Crippen LogP contribution in [0.5, 0.6) is 11.5 Å². The van der Waals surface area contributed by atoms with Crippen LogP contribution in [-0.2, 0) is 9.47 Å². The van der Waals surface area contributed by atoms with E-state index in [2.05, 4.69) is 57.2 Å². The third-order valence-electron chi connectivity index (χ3n) is 7.15. The molecule has 0 radical (unpaired) electrons. The highest BCUT2D eigenvalue weighted by Crippen LogP contribution is 2.31. The fourth-order valence-electron chi connectivity index (χ4n) is 4.40. The SMILES string of the molecule is CCCCCCCCCCCOc1ccc([C@H]2OC[C@H](c3ccc(OC[C@@H](C)CC)cc3)CO2)cc1. The van der Waals surface area contributed by atoms with Gasteiger partial charge in [0, 0.05) is 11.5 Å². The third kappa shape index (κ3) is 10.1. The first-order valence-electron chi connectivity index (χ1n) is 14.4. The zero-order chi connectivity index (χ0) is 25.4. The van der Waals surface area contributed by atoms with Crippen LogP contribution in [0.2, 0.25) is 0 Å². The molecule has 0 N–H and O–H groups in total. The second-order valence-corrected chi connectivity index (χ2v) is 10.3. The lowest BCUT2D eigenvalue weighted by atomic mass is 10.00. The van der Waals surface area contributed by atoms with Gasteiger partial charge in [0.1, 0.15) is 11.5 Å². The zero-order valence-electron chi connectivity index (χ0n) is 22.9. The van der Waals surface area contributed by atoms with Gasteiger partial charge in [-0.1, -0.05) is 103 Å². The molecule has 4 heteroatoms. The molecule has 1 heterocycles. The number of rotatable bonds is 17. The van der Waals surface area contributed by atoms with Gasteiger partial charge in [-0.05, 0) is 42.2 Å². The summed E-state index contributed by atoms with van der Waals surface area (Å²) in [7, 11) is 0. The van der Waals surface area contributed by atoms with Gasteiger partial charge in [-0.2, -0.15) is 0 Å². The highest BCUT2D eigenvalue weighted by atomic mass is 16.7. The quantitative estimate of drug-likeness (QED) is 0.205. The molecule has 200 valence electrons. The number of benzene rings is 2. The maximum absolute atomic E-state index is 6.07. The summed E-state index contributed by atoms with van der Waals surface area (Å²) in [5.74, 6) is 2.66. The summed E-state index contributed by atoms with van der Waals surface area (Å²) in [6.45, 7) is 9.51. The third-order valence-corrected chi connectivity index (χ3v) is 7.15. The Bertz CT molecular complexity index is 809. The topological polar surface area (TPSA) is 36.9 Å². The van der Waals surface area contributed by atoms with Crippen molar-refractivity contribution in [2.45, 2.75) is 97.2 Å². The van der Waals surface area contributed by atoms with Gasteiger partial charge in [-0.25, -0.2) is 0 Å². The molecule has 0 aliphatic carbocycles. The summed E-state index contributed by atoms with van der Waals surface area (Å²) in [6.07, 6.45) is 12.8. The van der Waals surface area contributed by atoms with Crippen molar-refractivity contribution >= 4 is 0 Å². The van der Waals surface area contributed by atoms with Gasteiger partial charge in [-0.3, -0.25) is 0 Å². The lowest BCUT2D eigenvalue weighted by Gasteiger charge is -2.30. The van der Waals surface area contributed by atoms with Crippen molar-refractivity contribution in [2.24, 2.45) is 5.92 Å². The summed E-state index contributed by atoms with van der Waals surface area (Å²) in [4.78, 5) is 0. The molecule has 2 aromatic rings. The van der Waals surface area contributed by atoms with Crippen LogP contribution in [0.15, 0.2) is 48.5 Å². The molecule has 1 aliphatic heterocycles. The van der Waals surface area contributed by atoms with E-state index >= 15 is 0 Å². The van der Waals surface area contributed by atoms with Gasteiger partial charge < -0.3 is 18.9 Å². The zero-order valence-corrected chi connectivity index (χ0v) is 22.9. The van der Waals surface area contributed by atoms with Crippen LogP contribution in [0.3, 0.4) is 0 Å². The molecule has 1 fully saturated rings. The van der Waals surface area contributed by atoms with Crippen molar-refractivity contribution in [1.29, 1.82) is 0 Å². The molecule has 0 amide bonds. The smallest absolute Gasteiger partial charge is 0.183 e. The van der Waals surface area contributed by atoms with E-state index in [0.29, 0.717) is 19.1 Å². The molecule has 3 rings (SSSR count). The van der Waals surface area contributed by atoms with E-state index in [9.17, 15) is 0 Å². The Kier molecular flexibility index (Phi) is 13.2. The average Bonchev–Trinajstić information content (AvgIpc) is 2.93. The van der Waals surface area contributed by atoms with E-state index in [0.717, 1.165) is 43.1 Å². The van der Waals surface area contributed by atoms with Crippen molar-refractivity contribution in [1.82, 2.24) is 0 Å². The minimum absolute atomic E-state index is 0.240. The van der Waals surface area contributed by atoms with Gasteiger partial charge in [0.15, 0.2) is 6.29 Å². The minimum Gasteiger partial charge on any atom is -0.494 e. The van der Waals surface area contributed by atoms with Crippen LogP contribution in [0, 0.1) is 5.92 Å². The summed E-state index contributed by atoms with van der Waals surface area (Å²) in [6, 6.07) is 16.5. The van der Waals surface area contributed by atoms with E-state index < -0.39 is 0 Å². The predicted octanol–water partition coefficient (Wildman–Crippen LogP) is 8.85. The van der Waals surface area contributed by atoms with Crippen molar-refractivity contribution in [3.8, 4) is 11.5 Å². The number of hydrogen-bond donors (Lipinski definition) is 0. The highest BCUT2D eigenvalue weighted by molar-refractivity contribution is 5.31. The molecule has 0 saturated carbocycles. The minimum atomic E-state index is -0.314. The monoisotopic (exact) mass is 496 g/mol. The predicted molar refractivity (Wildman–Crippen MR) is 148 cm³/mol. The van der Waals surface area contributed by atoms with Crippen molar-refractivity contribution < 1.29 is 18.9 Å². The Morgan fingerprint density at radius 1 is 0.694 bits per heavy atom. The number of ether oxygens (including phenoxy) is 4. The maximum atomic E-state index is 6.07. The van der Waals surface area contributed by atoms with Crippen LogP contribution < -0.4 is 9.47 Å². The Labute approximate surface area is 219 Å². The molecule has 0 spiro atoms. The Morgan fingerprint density at radius 3 is 1.81 bits per heavy atom. The molecule has 2 aromatic carbocycles. The highest BCUT2D eigenvalue weighted by Gasteiger charge is 2.24. The van der Waals surface area contributed by atoms with Crippen LogP contribution in [-0.4, -0.2) is 26.4 Å². The van der Waals surface area contributed by atoms with Gasteiger partial charge in [0.25, 0.3) is 0 Å². The van der Waals surface area contributed by atoms with E-state index in [1.165, 1.54) is 56.9 Å². The molecule has 36 heavy (non-hydrogen) atoms. The molecular formula is C32H48O4. The number of unbranched alkanes of at least 4 members (excludes halogenated alkanes) is 8. The first-order chi connectivity index (χ1) is 17.7. The first-order valence-corrected chi connectivity index (χ1v) is 14.4. The van der Waals surface area contributed by atoms with E-state index in [1.807, 2.05) is 12.1 Å².